The molecule has 2 aliphatic heterocycles. The molecule has 2 saturated heterocycles. The van der Waals surface area contributed by atoms with Crippen molar-refractivity contribution >= 4 is 11.8 Å². The van der Waals surface area contributed by atoms with Gasteiger partial charge in [0.2, 0.25) is 5.91 Å². The topological polar surface area (TPSA) is 99.3 Å². The van der Waals surface area contributed by atoms with Crippen molar-refractivity contribution in [1.82, 2.24) is 24.8 Å². The summed E-state index contributed by atoms with van der Waals surface area (Å²) in [6.07, 6.45) is 9.15. The fraction of sp³-hybridized carbons (Fsp3) is 0.450. The zero-order valence-electron chi connectivity index (χ0n) is 15.6. The predicted octanol–water partition coefficient (Wildman–Crippen LogP) is 1.21. The van der Waals surface area contributed by atoms with Crippen LogP contribution in [0.25, 0.3) is 0 Å². The fourth-order valence-electron chi connectivity index (χ4n) is 4.29. The standard InChI is InChI=1S/C20H23N5O3/c26-17-11-22-16(10-23-17)19(28)24-9-1-5-20(13-24)6-2-18(27)25(14-20)12-15-3-7-21-8-4-15/h3-4,7-8,10-11H,1-2,5-6,9,12-14H2,(H,23,26). The number of nitrogens with zero attached hydrogens (tertiary/aromatic N) is 4. The first kappa shape index (κ1) is 18.3. The molecule has 1 unspecified atom stereocenters. The highest BCUT2D eigenvalue weighted by Gasteiger charge is 2.43. The number of hydrogen-bond donors (Lipinski definition) is 1. The molecule has 1 N–H and O–H groups in total. The molecule has 2 aromatic heterocycles. The summed E-state index contributed by atoms with van der Waals surface area (Å²) in [5, 5.41) is 0. The highest BCUT2D eigenvalue weighted by atomic mass is 16.2. The molecular formula is C20H23N5O3. The number of rotatable bonds is 3. The van der Waals surface area contributed by atoms with E-state index in [1.807, 2.05) is 21.9 Å². The number of hydrogen-bond acceptors (Lipinski definition) is 5. The first-order valence-electron chi connectivity index (χ1n) is 9.55. The normalized spacial score (nSPS) is 22.5. The number of piperidine rings is 2. The maximum atomic E-state index is 12.8. The molecule has 146 valence electrons. The smallest absolute Gasteiger partial charge is 0.273 e. The Bertz CT molecular complexity index is 908. The number of amides is 2. The van der Waals surface area contributed by atoms with Crippen molar-refractivity contribution in [2.24, 2.45) is 5.41 Å². The molecular weight excluding hydrogens is 358 g/mol. The summed E-state index contributed by atoms with van der Waals surface area (Å²) in [4.78, 5) is 50.7. The van der Waals surface area contributed by atoms with Crippen molar-refractivity contribution in [3.63, 3.8) is 0 Å². The average molecular weight is 381 g/mol. The van der Waals surface area contributed by atoms with E-state index in [9.17, 15) is 14.4 Å². The van der Waals surface area contributed by atoms with Crippen LogP contribution in [0.1, 0.15) is 41.7 Å². The predicted molar refractivity (Wildman–Crippen MR) is 101 cm³/mol. The van der Waals surface area contributed by atoms with Crippen molar-refractivity contribution in [1.29, 1.82) is 0 Å². The van der Waals surface area contributed by atoms with Crippen molar-refractivity contribution in [3.8, 4) is 0 Å². The molecule has 28 heavy (non-hydrogen) atoms. The highest BCUT2D eigenvalue weighted by molar-refractivity contribution is 5.92. The Morgan fingerprint density at radius 2 is 2.00 bits per heavy atom. The zero-order chi connectivity index (χ0) is 19.6. The van der Waals surface area contributed by atoms with Crippen LogP contribution in [0.3, 0.4) is 0 Å². The Hall–Kier alpha value is -3.03. The minimum absolute atomic E-state index is 0.0863. The Balaban J connectivity index is 1.49. The summed E-state index contributed by atoms with van der Waals surface area (Å²) in [7, 11) is 0. The number of carbonyl (C=O) groups excluding carboxylic acids is 2. The van der Waals surface area contributed by atoms with Gasteiger partial charge in [0.1, 0.15) is 5.69 Å². The third-order valence-electron chi connectivity index (χ3n) is 5.71. The van der Waals surface area contributed by atoms with Gasteiger partial charge in [-0.1, -0.05) is 0 Å². The van der Waals surface area contributed by atoms with Gasteiger partial charge in [0.15, 0.2) is 0 Å². The van der Waals surface area contributed by atoms with E-state index in [0.29, 0.717) is 32.6 Å². The third kappa shape index (κ3) is 3.81. The van der Waals surface area contributed by atoms with Gasteiger partial charge < -0.3 is 14.8 Å². The first-order valence-corrected chi connectivity index (χ1v) is 9.55. The van der Waals surface area contributed by atoms with Crippen LogP contribution in [0.5, 0.6) is 0 Å². The molecule has 1 spiro atoms. The maximum Gasteiger partial charge on any atom is 0.273 e. The molecule has 2 amide bonds. The summed E-state index contributed by atoms with van der Waals surface area (Å²) in [6.45, 7) is 2.49. The van der Waals surface area contributed by atoms with Crippen LogP contribution >= 0.6 is 0 Å². The maximum absolute atomic E-state index is 12.8. The number of likely N-dealkylation sites (tertiary alicyclic amines) is 2. The molecule has 8 heteroatoms. The number of H-pyrrole nitrogens is 1. The van der Waals surface area contributed by atoms with Crippen molar-refractivity contribution in [2.75, 3.05) is 19.6 Å². The van der Waals surface area contributed by atoms with Crippen LogP contribution < -0.4 is 5.56 Å². The molecule has 0 aliphatic carbocycles. The van der Waals surface area contributed by atoms with E-state index in [2.05, 4.69) is 15.0 Å². The number of pyridine rings is 1. The van der Waals surface area contributed by atoms with Crippen LogP contribution in [0.15, 0.2) is 41.7 Å². The van der Waals surface area contributed by atoms with Crippen LogP contribution in [-0.4, -0.2) is 56.2 Å². The van der Waals surface area contributed by atoms with Crippen LogP contribution in [-0.2, 0) is 11.3 Å². The summed E-state index contributed by atoms with van der Waals surface area (Å²) in [5.41, 5.74) is 0.889. The second-order valence-corrected chi connectivity index (χ2v) is 7.73. The molecule has 0 aromatic carbocycles. The number of carbonyl (C=O) groups is 2. The van der Waals surface area contributed by atoms with Gasteiger partial charge in [-0.15, -0.1) is 0 Å². The van der Waals surface area contributed by atoms with Crippen LogP contribution in [0.2, 0.25) is 0 Å². The first-order chi connectivity index (χ1) is 13.5. The zero-order valence-corrected chi connectivity index (χ0v) is 15.6. The molecule has 2 aliphatic rings. The lowest BCUT2D eigenvalue weighted by molar-refractivity contribution is -0.139. The largest absolute Gasteiger partial charge is 0.338 e. The molecule has 0 saturated carbocycles. The Kier molecular flexibility index (Phi) is 4.93. The minimum atomic E-state index is -0.329. The van der Waals surface area contributed by atoms with E-state index in [0.717, 1.165) is 31.0 Å². The average Bonchev–Trinajstić information content (AvgIpc) is 2.72. The van der Waals surface area contributed by atoms with Crippen molar-refractivity contribution < 1.29 is 9.59 Å². The quantitative estimate of drug-likeness (QED) is 0.862. The molecule has 2 fully saturated rings. The van der Waals surface area contributed by atoms with E-state index in [1.165, 1.54) is 6.20 Å². The lowest BCUT2D eigenvalue weighted by atomic mass is 9.73. The Morgan fingerprint density at radius 1 is 1.18 bits per heavy atom. The second kappa shape index (κ2) is 7.53. The van der Waals surface area contributed by atoms with Gasteiger partial charge in [-0.2, -0.15) is 0 Å². The van der Waals surface area contributed by atoms with Gasteiger partial charge in [-0.3, -0.25) is 19.4 Å². The van der Waals surface area contributed by atoms with E-state index >= 15 is 0 Å². The summed E-state index contributed by atoms with van der Waals surface area (Å²) in [5.74, 6) is -0.0129. The summed E-state index contributed by atoms with van der Waals surface area (Å²) < 4.78 is 0. The number of nitrogens with one attached hydrogen (secondary N) is 1. The van der Waals surface area contributed by atoms with Gasteiger partial charge in [-0.05, 0) is 37.0 Å². The highest BCUT2D eigenvalue weighted by Crippen LogP contribution is 2.39. The summed E-state index contributed by atoms with van der Waals surface area (Å²) >= 11 is 0. The van der Waals surface area contributed by atoms with Crippen LogP contribution in [0, 0.1) is 5.41 Å². The molecule has 2 aromatic rings. The monoisotopic (exact) mass is 381 g/mol. The number of aromatic nitrogens is 3. The molecule has 0 bridgehead atoms. The van der Waals surface area contributed by atoms with E-state index in [1.54, 1.807) is 12.4 Å². The number of aromatic amines is 1. The lowest BCUT2D eigenvalue weighted by Crippen LogP contribution is -2.54. The van der Waals surface area contributed by atoms with Gasteiger partial charge in [0.25, 0.3) is 11.5 Å². The van der Waals surface area contributed by atoms with Crippen molar-refractivity contribution in [2.45, 2.75) is 32.2 Å². The van der Waals surface area contributed by atoms with E-state index in [4.69, 9.17) is 0 Å². The SMILES string of the molecule is O=C1CCC2(CCCN(C(=O)c3c[nH]c(=O)cn3)C2)CN1Cc1ccncc1. The minimum Gasteiger partial charge on any atom is -0.338 e. The van der Waals surface area contributed by atoms with Crippen molar-refractivity contribution in [3.05, 3.63) is 58.5 Å². The van der Waals surface area contributed by atoms with Gasteiger partial charge in [0.05, 0.1) is 6.20 Å². The van der Waals surface area contributed by atoms with Gasteiger partial charge in [0, 0.05) is 56.6 Å². The second-order valence-electron chi connectivity index (χ2n) is 7.73. The molecule has 4 heterocycles. The third-order valence-corrected chi connectivity index (χ3v) is 5.71. The lowest BCUT2D eigenvalue weighted by Gasteiger charge is -2.48. The van der Waals surface area contributed by atoms with Gasteiger partial charge in [-0.25, -0.2) is 4.98 Å². The Morgan fingerprint density at radius 3 is 2.75 bits per heavy atom. The van der Waals surface area contributed by atoms with E-state index in [-0.39, 0.29) is 28.5 Å². The van der Waals surface area contributed by atoms with E-state index < -0.39 is 0 Å². The summed E-state index contributed by atoms with van der Waals surface area (Å²) in [6, 6.07) is 3.85. The molecule has 4 rings (SSSR count). The van der Waals surface area contributed by atoms with Crippen LogP contribution in [0.4, 0.5) is 0 Å². The molecule has 0 radical (unpaired) electrons. The molecule has 1 atom stereocenters. The fourth-order valence-corrected chi connectivity index (χ4v) is 4.29. The Labute approximate surface area is 162 Å². The van der Waals surface area contributed by atoms with Gasteiger partial charge >= 0.3 is 0 Å². The molecule has 8 nitrogen and oxygen atoms in total.